The van der Waals surface area contributed by atoms with Gasteiger partial charge < -0.3 is 26.8 Å². The van der Waals surface area contributed by atoms with Crippen LogP contribution >= 0.6 is 0 Å². The summed E-state index contributed by atoms with van der Waals surface area (Å²) in [6.07, 6.45) is 1.19. The van der Waals surface area contributed by atoms with Gasteiger partial charge in [-0.3, -0.25) is 14.4 Å². The van der Waals surface area contributed by atoms with Crippen molar-refractivity contribution in [3.8, 4) is 0 Å². The van der Waals surface area contributed by atoms with E-state index in [1.54, 1.807) is 13.8 Å². The molecule has 0 radical (unpaired) electrons. The Labute approximate surface area is 154 Å². The smallest absolute Gasteiger partial charge is 0.326 e. The highest BCUT2D eigenvalue weighted by molar-refractivity contribution is 5.92. The minimum atomic E-state index is -1.12. The molecule has 0 saturated heterocycles. The third-order valence-electron chi connectivity index (χ3n) is 4.43. The number of hydrogen-bond acceptors (Lipinski definition) is 5. The number of carboxylic acids is 1. The summed E-state index contributed by atoms with van der Waals surface area (Å²) in [5.74, 6) is -3.17. The Morgan fingerprint density at radius 1 is 0.885 bits per heavy atom. The van der Waals surface area contributed by atoms with Crippen molar-refractivity contribution >= 4 is 23.7 Å². The number of nitrogens with two attached hydrogens (primary N) is 1. The molecular formula is C17H32N4O5. The number of rotatable bonds is 11. The fourth-order valence-corrected chi connectivity index (χ4v) is 2.18. The molecule has 0 rings (SSSR count). The van der Waals surface area contributed by atoms with Gasteiger partial charge >= 0.3 is 5.97 Å². The summed E-state index contributed by atoms with van der Waals surface area (Å²) >= 11 is 0. The number of carbonyl (C=O) groups excluding carboxylic acids is 3. The number of hydrogen-bond donors (Lipinski definition) is 5. The van der Waals surface area contributed by atoms with Crippen molar-refractivity contribution in [2.45, 2.75) is 65.6 Å². The maximum Gasteiger partial charge on any atom is 0.326 e. The molecule has 9 heteroatoms. The Kier molecular flexibility index (Phi) is 10.5. The second-order valence-electron chi connectivity index (χ2n) is 6.65. The minimum absolute atomic E-state index is 0.213. The molecule has 3 amide bonds. The van der Waals surface area contributed by atoms with Crippen LogP contribution in [-0.2, 0) is 19.2 Å². The molecule has 5 atom stereocenters. The van der Waals surface area contributed by atoms with Crippen molar-refractivity contribution in [2.24, 2.45) is 17.6 Å². The number of carbonyl (C=O) groups is 4. The van der Waals surface area contributed by atoms with E-state index in [0.717, 1.165) is 0 Å². The largest absolute Gasteiger partial charge is 0.480 e. The summed E-state index contributed by atoms with van der Waals surface area (Å²) in [6.45, 7) is 8.39. The van der Waals surface area contributed by atoms with E-state index in [1.165, 1.54) is 6.92 Å². The summed E-state index contributed by atoms with van der Waals surface area (Å²) in [5.41, 5.74) is 5.40. The van der Waals surface area contributed by atoms with E-state index in [4.69, 9.17) is 5.73 Å². The molecule has 150 valence electrons. The van der Waals surface area contributed by atoms with Crippen molar-refractivity contribution in [1.29, 1.82) is 0 Å². The Morgan fingerprint density at radius 2 is 1.38 bits per heavy atom. The number of aliphatic carboxylic acids is 1. The fraction of sp³-hybridized carbons (Fsp3) is 0.765. The van der Waals surface area contributed by atoms with Gasteiger partial charge in [0.15, 0.2) is 0 Å². The van der Waals surface area contributed by atoms with Crippen LogP contribution in [0.3, 0.4) is 0 Å². The number of carboxylic acid groups (broad SMARTS) is 1. The van der Waals surface area contributed by atoms with Crippen molar-refractivity contribution in [2.75, 3.05) is 6.54 Å². The van der Waals surface area contributed by atoms with E-state index in [2.05, 4.69) is 16.0 Å². The summed E-state index contributed by atoms with van der Waals surface area (Å²) in [6, 6.07) is -2.68. The van der Waals surface area contributed by atoms with Crippen molar-refractivity contribution < 1.29 is 24.3 Å². The zero-order valence-electron chi connectivity index (χ0n) is 16.2. The lowest BCUT2D eigenvalue weighted by Gasteiger charge is -2.27. The highest BCUT2D eigenvalue weighted by atomic mass is 16.4. The van der Waals surface area contributed by atoms with Gasteiger partial charge in [-0.1, -0.05) is 40.5 Å². The van der Waals surface area contributed by atoms with Crippen LogP contribution in [0.25, 0.3) is 0 Å². The van der Waals surface area contributed by atoms with Gasteiger partial charge in [0, 0.05) is 0 Å². The first-order chi connectivity index (χ1) is 12.0. The highest BCUT2D eigenvalue weighted by Crippen LogP contribution is 2.12. The first-order valence-electron chi connectivity index (χ1n) is 8.90. The van der Waals surface area contributed by atoms with E-state index >= 15 is 0 Å². The van der Waals surface area contributed by atoms with Crippen LogP contribution in [0.1, 0.15) is 47.5 Å². The van der Waals surface area contributed by atoms with Gasteiger partial charge in [-0.2, -0.15) is 0 Å². The highest BCUT2D eigenvalue weighted by Gasteiger charge is 2.31. The predicted octanol–water partition coefficient (Wildman–Crippen LogP) is -0.404. The van der Waals surface area contributed by atoms with E-state index in [1.807, 2.05) is 13.8 Å². The van der Waals surface area contributed by atoms with Gasteiger partial charge in [0.25, 0.3) is 0 Å². The molecule has 0 aromatic rings. The van der Waals surface area contributed by atoms with Gasteiger partial charge in [-0.15, -0.1) is 0 Å². The van der Waals surface area contributed by atoms with Crippen LogP contribution in [0, 0.1) is 11.8 Å². The molecule has 0 fully saturated rings. The predicted molar refractivity (Wildman–Crippen MR) is 97.1 cm³/mol. The molecule has 0 aliphatic heterocycles. The Balaban J connectivity index is 5.02. The molecule has 26 heavy (non-hydrogen) atoms. The quantitative estimate of drug-likeness (QED) is 0.333. The molecule has 0 aromatic heterocycles. The van der Waals surface area contributed by atoms with Crippen LogP contribution in [0.15, 0.2) is 0 Å². The van der Waals surface area contributed by atoms with Gasteiger partial charge in [-0.05, 0) is 18.8 Å². The summed E-state index contributed by atoms with van der Waals surface area (Å²) in [4.78, 5) is 47.4. The van der Waals surface area contributed by atoms with Gasteiger partial charge in [-0.25, -0.2) is 4.79 Å². The van der Waals surface area contributed by atoms with Gasteiger partial charge in [0.05, 0.1) is 12.6 Å². The second-order valence-corrected chi connectivity index (χ2v) is 6.65. The van der Waals surface area contributed by atoms with Gasteiger partial charge in [0.1, 0.15) is 12.1 Å². The molecule has 6 N–H and O–H groups in total. The van der Waals surface area contributed by atoms with Crippen molar-refractivity contribution in [3.05, 3.63) is 0 Å². The zero-order valence-corrected chi connectivity index (χ0v) is 16.2. The SMILES string of the molecule is CCC(C)C(NC(=O)C(NC(=O)CNC(=O)C(C)N)C(C)CC)C(=O)O. The third-order valence-corrected chi connectivity index (χ3v) is 4.43. The zero-order chi connectivity index (χ0) is 20.4. The van der Waals surface area contributed by atoms with E-state index in [0.29, 0.717) is 12.8 Å². The molecule has 0 bridgehead atoms. The van der Waals surface area contributed by atoms with Crippen LogP contribution in [0.5, 0.6) is 0 Å². The Morgan fingerprint density at radius 3 is 1.81 bits per heavy atom. The first kappa shape index (κ1) is 23.8. The first-order valence-corrected chi connectivity index (χ1v) is 8.90. The Bertz CT molecular complexity index is 509. The molecule has 0 aliphatic carbocycles. The molecule has 5 unspecified atom stereocenters. The summed E-state index contributed by atoms with van der Waals surface area (Å²) in [7, 11) is 0. The van der Waals surface area contributed by atoms with Crippen LogP contribution in [0.4, 0.5) is 0 Å². The monoisotopic (exact) mass is 372 g/mol. The Hall–Kier alpha value is -2.16. The molecular weight excluding hydrogens is 340 g/mol. The summed E-state index contributed by atoms with van der Waals surface area (Å²) < 4.78 is 0. The minimum Gasteiger partial charge on any atom is -0.480 e. The molecule has 9 nitrogen and oxygen atoms in total. The summed E-state index contributed by atoms with van der Waals surface area (Å²) in [5, 5.41) is 16.8. The normalized spacial score (nSPS) is 16.5. The lowest BCUT2D eigenvalue weighted by Crippen LogP contribution is -2.56. The van der Waals surface area contributed by atoms with E-state index < -0.39 is 41.8 Å². The molecule has 0 heterocycles. The standard InChI is InChI=1S/C17H32N4O5/c1-6-9(3)13(20-12(22)8-19-15(23)11(5)18)16(24)21-14(17(25)26)10(4)7-2/h9-11,13-14H,6-8,18H2,1-5H3,(H,19,23)(H,20,22)(H,21,24)(H,25,26). The molecule has 0 aromatic carbocycles. The number of amides is 3. The van der Waals surface area contributed by atoms with Crippen molar-refractivity contribution in [3.63, 3.8) is 0 Å². The topological polar surface area (TPSA) is 151 Å². The molecule has 0 saturated carbocycles. The maximum absolute atomic E-state index is 12.6. The lowest BCUT2D eigenvalue weighted by molar-refractivity contribution is -0.144. The third kappa shape index (κ3) is 7.81. The van der Waals surface area contributed by atoms with E-state index in [-0.39, 0.29) is 18.4 Å². The molecule has 0 aliphatic rings. The fourth-order valence-electron chi connectivity index (χ4n) is 2.18. The average molecular weight is 372 g/mol. The van der Waals surface area contributed by atoms with E-state index in [9.17, 15) is 24.3 Å². The van der Waals surface area contributed by atoms with Crippen LogP contribution in [0.2, 0.25) is 0 Å². The number of nitrogens with one attached hydrogen (secondary N) is 3. The average Bonchev–Trinajstić information content (AvgIpc) is 2.59. The van der Waals surface area contributed by atoms with Crippen LogP contribution in [-0.4, -0.2) is 53.5 Å². The van der Waals surface area contributed by atoms with Crippen LogP contribution < -0.4 is 21.7 Å². The van der Waals surface area contributed by atoms with Crippen molar-refractivity contribution in [1.82, 2.24) is 16.0 Å². The lowest BCUT2D eigenvalue weighted by atomic mass is 9.95. The second kappa shape index (κ2) is 11.5. The maximum atomic E-state index is 12.6. The molecule has 0 spiro atoms. The van der Waals surface area contributed by atoms with Gasteiger partial charge in [0.2, 0.25) is 17.7 Å².